The average Bonchev–Trinajstić information content (AvgIpc) is 3.54. The quantitative estimate of drug-likeness (QED) is 0.165. The lowest BCUT2D eigenvalue weighted by Gasteiger charge is -2.36. The molecule has 9 aromatic rings. The second-order valence-electron chi connectivity index (χ2n) is 15.2. The van der Waals surface area contributed by atoms with E-state index in [4.69, 9.17) is 0 Å². The van der Waals surface area contributed by atoms with Crippen molar-refractivity contribution in [2.75, 3.05) is 9.80 Å². The average molecular weight is 713 g/mol. The number of anilines is 5. The molecular formula is C54H36N2. The molecule has 0 amide bonds. The van der Waals surface area contributed by atoms with Crippen LogP contribution in [-0.2, 0) is 0 Å². The van der Waals surface area contributed by atoms with E-state index in [0.29, 0.717) is 0 Å². The molecule has 9 aromatic carbocycles. The maximum Gasteiger partial charge on any atom is 0.0623 e. The maximum atomic E-state index is 2.56. The third-order valence-electron chi connectivity index (χ3n) is 12.2. The van der Waals surface area contributed by atoms with Crippen LogP contribution in [0.1, 0.15) is 16.7 Å². The van der Waals surface area contributed by atoms with Crippen LogP contribution in [0.2, 0.25) is 0 Å². The second-order valence-corrected chi connectivity index (χ2v) is 15.2. The highest BCUT2D eigenvalue weighted by atomic mass is 15.2. The molecule has 262 valence electrons. The number of rotatable bonds is 2. The molecule has 3 aliphatic rings. The molecule has 2 nitrogen and oxygen atoms in total. The van der Waals surface area contributed by atoms with Crippen molar-refractivity contribution in [2.24, 2.45) is 5.92 Å². The summed E-state index contributed by atoms with van der Waals surface area (Å²) in [5, 5.41) is 12.8. The van der Waals surface area contributed by atoms with Gasteiger partial charge in [0.1, 0.15) is 0 Å². The predicted molar refractivity (Wildman–Crippen MR) is 241 cm³/mol. The highest BCUT2D eigenvalue weighted by Gasteiger charge is 2.29. The number of benzene rings is 9. The van der Waals surface area contributed by atoms with Crippen molar-refractivity contribution >= 4 is 101 Å². The molecule has 2 heterocycles. The van der Waals surface area contributed by atoms with E-state index in [-0.39, 0.29) is 12.0 Å². The van der Waals surface area contributed by atoms with E-state index in [1.165, 1.54) is 93.3 Å². The Bertz CT molecular complexity index is 3180. The van der Waals surface area contributed by atoms with E-state index in [1.807, 2.05) is 0 Å². The van der Waals surface area contributed by atoms with Gasteiger partial charge in [0.2, 0.25) is 0 Å². The lowest BCUT2D eigenvalue weighted by molar-refractivity contribution is 0.669. The Labute approximate surface area is 325 Å². The smallest absolute Gasteiger partial charge is 0.0623 e. The van der Waals surface area contributed by atoms with Crippen LogP contribution >= 0.6 is 0 Å². The van der Waals surface area contributed by atoms with Gasteiger partial charge in [0.25, 0.3) is 0 Å². The van der Waals surface area contributed by atoms with E-state index < -0.39 is 0 Å². The summed E-state index contributed by atoms with van der Waals surface area (Å²) in [6.07, 6.45) is 18.2. The van der Waals surface area contributed by atoms with Gasteiger partial charge in [0, 0.05) is 23.0 Å². The molecule has 0 aromatic heterocycles. The Hall–Kier alpha value is -7.16. The van der Waals surface area contributed by atoms with Crippen LogP contribution < -0.4 is 9.80 Å². The number of hydrogen-bond donors (Lipinski definition) is 0. The molecule has 1 aliphatic carbocycles. The fraction of sp³-hybridized carbons (Fsp3) is 0.0370. The van der Waals surface area contributed by atoms with E-state index in [9.17, 15) is 0 Å². The van der Waals surface area contributed by atoms with Crippen molar-refractivity contribution < 1.29 is 0 Å². The standard InChI is InChI=1S/C54H36N2/c1-9-21-49-35(13-1)25-26-36-14-2-10-22-50(36)55(49)39-29-31-43-41-17-5-8-20-46(41)54-48-34-40(30-32-44(48)42-18-6-7-19-45(42)53(54)47(43)33-39)56-51-23-11-3-15-37(51)27-28-38-16-4-12-24-52(38)56/h1-35,49H. The highest BCUT2D eigenvalue weighted by Crippen LogP contribution is 2.49. The van der Waals surface area contributed by atoms with Crippen LogP contribution in [-0.4, -0.2) is 6.04 Å². The maximum absolute atomic E-state index is 2.56. The first-order chi connectivity index (χ1) is 27.8. The zero-order valence-corrected chi connectivity index (χ0v) is 30.7. The lowest BCUT2D eigenvalue weighted by Crippen LogP contribution is -2.35. The zero-order chi connectivity index (χ0) is 36.7. The first-order valence-corrected chi connectivity index (χ1v) is 19.6. The van der Waals surface area contributed by atoms with Crippen molar-refractivity contribution in [2.45, 2.75) is 6.04 Å². The van der Waals surface area contributed by atoms with Gasteiger partial charge in [-0.3, -0.25) is 0 Å². The van der Waals surface area contributed by atoms with Gasteiger partial charge >= 0.3 is 0 Å². The van der Waals surface area contributed by atoms with Crippen molar-refractivity contribution in [3.05, 3.63) is 205 Å². The molecule has 0 bridgehead atoms. The molecule has 0 saturated carbocycles. The Kier molecular flexibility index (Phi) is 6.79. The van der Waals surface area contributed by atoms with Crippen LogP contribution in [0, 0.1) is 5.92 Å². The van der Waals surface area contributed by atoms with Crippen LogP contribution in [0.15, 0.2) is 188 Å². The van der Waals surface area contributed by atoms with E-state index in [2.05, 4.69) is 216 Å². The minimum atomic E-state index is 0.165. The van der Waals surface area contributed by atoms with Crippen molar-refractivity contribution in [3.63, 3.8) is 0 Å². The third kappa shape index (κ3) is 4.56. The van der Waals surface area contributed by atoms with E-state index in [0.717, 1.165) is 5.69 Å². The summed E-state index contributed by atoms with van der Waals surface area (Å²) >= 11 is 0. The lowest BCUT2D eigenvalue weighted by atomic mass is 9.86. The van der Waals surface area contributed by atoms with Crippen LogP contribution in [0.3, 0.4) is 0 Å². The zero-order valence-electron chi connectivity index (χ0n) is 30.7. The van der Waals surface area contributed by atoms with Gasteiger partial charge in [0.15, 0.2) is 0 Å². The number of nitrogens with zero attached hydrogens (tertiary/aromatic N) is 2. The Morgan fingerprint density at radius 3 is 1.43 bits per heavy atom. The van der Waals surface area contributed by atoms with Crippen molar-refractivity contribution in [3.8, 4) is 0 Å². The Balaban J connectivity index is 1.19. The van der Waals surface area contributed by atoms with Gasteiger partial charge in [-0.1, -0.05) is 164 Å². The summed E-state index contributed by atoms with van der Waals surface area (Å²) in [6, 6.07) is 58.8. The molecule has 2 aliphatic heterocycles. The van der Waals surface area contributed by atoms with Crippen LogP contribution in [0.5, 0.6) is 0 Å². The molecule has 0 radical (unpaired) electrons. The number of hydrogen-bond acceptors (Lipinski definition) is 2. The van der Waals surface area contributed by atoms with Gasteiger partial charge in [-0.05, 0) is 113 Å². The van der Waals surface area contributed by atoms with Gasteiger partial charge in [-0.2, -0.15) is 0 Å². The molecule has 2 heteroatoms. The Morgan fingerprint density at radius 1 is 0.339 bits per heavy atom. The van der Waals surface area contributed by atoms with Crippen molar-refractivity contribution in [1.29, 1.82) is 0 Å². The summed E-state index contributed by atoms with van der Waals surface area (Å²) < 4.78 is 0. The number of fused-ring (bicyclic) bond motifs is 15. The monoisotopic (exact) mass is 712 g/mol. The third-order valence-corrected chi connectivity index (χ3v) is 12.2. The van der Waals surface area contributed by atoms with Crippen LogP contribution in [0.4, 0.5) is 28.4 Å². The summed E-state index contributed by atoms with van der Waals surface area (Å²) in [5.74, 6) is 0.268. The normalized spacial score (nSPS) is 16.9. The molecular weight excluding hydrogens is 677 g/mol. The van der Waals surface area contributed by atoms with Gasteiger partial charge in [0.05, 0.1) is 17.4 Å². The molecule has 0 fully saturated rings. The minimum Gasteiger partial charge on any atom is -0.333 e. The molecule has 56 heavy (non-hydrogen) atoms. The van der Waals surface area contributed by atoms with Gasteiger partial charge in [-0.15, -0.1) is 0 Å². The fourth-order valence-corrected chi connectivity index (χ4v) is 9.77. The summed E-state index contributed by atoms with van der Waals surface area (Å²) in [5.41, 5.74) is 9.57. The summed E-state index contributed by atoms with van der Waals surface area (Å²) in [4.78, 5) is 5.00. The second kappa shape index (κ2) is 12.2. The molecule has 0 N–H and O–H groups in total. The SMILES string of the molecule is C1=CC2C=Cc3ccccc3N(c3ccc4c5ccccc5c5c6cc(N7c8ccccc8C=Cc8ccccc87)ccc6c6ccccc6c5c4c3)C2C=C1. The van der Waals surface area contributed by atoms with Crippen molar-refractivity contribution in [1.82, 2.24) is 0 Å². The summed E-state index contributed by atoms with van der Waals surface area (Å²) in [7, 11) is 0. The molecule has 2 unspecified atom stereocenters. The molecule has 0 saturated heterocycles. The predicted octanol–water partition coefficient (Wildman–Crippen LogP) is 14.7. The topological polar surface area (TPSA) is 6.48 Å². The molecule has 0 spiro atoms. The molecule has 2 atom stereocenters. The van der Waals surface area contributed by atoms with E-state index in [1.54, 1.807) is 0 Å². The Morgan fingerprint density at radius 2 is 0.804 bits per heavy atom. The van der Waals surface area contributed by atoms with E-state index >= 15 is 0 Å². The van der Waals surface area contributed by atoms with Gasteiger partial charge in [-0.25, -0.2) is 0 Å². The first kappa shape index (κ1) is 31.2. The summed E-state index contributed by atoms with van der Waals surface area (Å²) in [6.45, 7) is 0. The number of para-hydroxylation sites is 3. The fourth-order valence-electron chi connectivity index (χ4n) is 9.77. The highest BCUT2D eigenvalue weighted by molar-refractivity contribution is 6.39. The largest absolute Gasteiger partial charge is 0.333 e. The minimum absolute atomic E-state index is 0.165. The first-order valence-electron chi connectivity index (χ1n) is 19.6. The van der Waals surface area contributed by atoms with Gasteiger partial charge < -0.3 is 9.80 Å². The molecule has 12 rings (SSSR count). The van der Waals surface area contributed by atoms with Crippen LogP contribution in [0.25, 0.3) is 72.1 Å². The number of allylic oxidation sites excluding steroid dienone is 2.